The Balaban J connectivity index is 1.60. The zero-order valence-corrected chi connectivity index (χ0v) is 23.4. The first kappa shape index (κ1) is 31.2. The van der Waals surface area contributed by atoms with Crippen molar-refractivity contribution in [2.75, 3.05) is 6.61 Å². The van der Waals surface area contributed by atoms with Crippen molar-refractivity contribution < 1.29 is 13.5 Å². The molecule has 1 aromatic heterocycles. The number of hydrogen-bond donors (Lipinski definition) is 0. The minimum Gasteiger partial charge on any atom is -0.493 e. The van der Waals surface area contributed by atoms with Crippen molar-refractivity contribution in [2.45, 2.75) is 135 Å². The number of aromatic nitrogens is 2. The molecule has 0 aliphatic heterocycles. The molecule has 0 radical (unpaired) electrons. The van der Waals surface area contributed by atoms with Gasteiger partial charge in [0.15, 0.2) is 5.82 Å². The van der Waals surface area contributed by atoms with Gasteiger partial charge in [-0.1, -0.05) is 84.5 Å². The van der Waals surface area contributed by atoms with Gasteiger partial charge in [-0.2, -0.15) is 0 Å². The lowest BCUT2D eigenvalue weighted by Gasteiger charge is -2.12. The van der Waals surface area contributed by atoms with Gasteiger partial charge in [-0.15, -0.1) is 0 Å². The van der Waals surface area contributed by atoms with Crippen LogP contribution in [0.25, 0.3) is 11.4 Å². The smallest absolute Gasteiger partial charge is 0.159 e. The maximum atomic E-state index is 14.0. The summed E-state index contributed by atoms with van der Waals surface area (Å²) in [7, 11) is 0. The minimum atomic E-state index is -1.02. The summed E-state index contributed by atoms with van der Waals surface area (Å²) in [5, 5.41) is 0. The highest BCUT2D eigenvalue weighted by atomic mass is 19.1. The van der Waals surface area contributed by atoms with Gasteiger partial charge in [0.05, 0.1) is 6.61 Å². The average Bonchev–Trinajstić information content (AvgIpc) is 2.92. The Morgan fingerprint density at radius 3 is 1.78 bits per heavy atom. The molecule has 0 fully saturated rings. The number of aryl methyl sites for hydroxylation is 1. The first-order valence-electron chi connectivity index (χ1n) is 14.9. The molecule has 2 aromatic rings. The number of benzene rings is 1. The Morgan fingerprint density at radius 1 is 0.649 bits per heavy atom. The van der Waals surface area contributed by atoms with E-state index in [1.165, 1.54) is 69.8 Å². The summed E-state index contributed by atoms with van der Waals surface area (Å²) < 4.78 is 33.4. The van der Waals surface area contributed by atoms with Crippen LogP contribution < -0.4 is 4.74 Å². The maximum Gasteiger partial charge on any atom is 0.159 e. The predicted octanol–water partition coefficient (Wildman–Crippen LogP) is 10.0. The zero-order chi connectivity index (χ0) is 26.6. The summed E-state index contributed by atoms with van der Waals surface area (Å²) >= 11 is 0. The van der Waals surface area contributed by atoms with Gasteiger partial charge in [-0.25, -0.2) is 18.7 Å². The summed E-state index contributed by atoms with van der Waals surface area (Å²) in [5.41, 5.74) is 2.12. The van der Waals surface area contributed by atoms with Crippen LogP contribution in [0.1, 0.15) is 122 Å². The monoisotopic (exact) mass is 516 g/mol. The fourth-order valence-electron chi connectivity index (χ4n) is 4.53. The Bertz CT molecular complexity index is 797. The molecule has 37 heavy (non-hydrogen) atoms. The molecule has 0 bridgehead atoms. The van der Waals surface area contributed by atoms with Crippen LogP contribution in [-0.4, -0.2) is 28.9 Å². The van der Waals surface area contributed by atoms with E-state index in [-0.39, 0.29) is 19.4 Å². The van der Waals surface area contributed by atoms with Crippen molar-refractivity contribution in [3.8, 4) is 17.1 Å². The molecule has 1 aromatic carbocycles. The highest BCUT2D eigenvalue weighted by molar-refractivity contribution is 5.55. The molecule has 0 aliphatic rings. The molecule has 5 heteroatoms. The van der Waals surface area contributed by atoms with Crippen LogP contribution in [0, 0.1) is 0 Å². The number of unbranched alkanes of at least 4 members (excludes halogenated alkanes) is 10. The largest absolute Gasteiger partial charge is 0.493 e. The number of ether oxygens (including phenoxy) is 1. The molecule has 0 aliphatic carbocycles. The third-order valence-corrected chi connectivity index (χ3v) is 7.00. The Labute approximate surface area is 224 Å². The molecule has 0 N–H and O–H groups in total. The number of nitrogens with zero attached hydrogens (tertiary/aromatic N) is 2. The summed E-state index contributed by atoms with van der Waals surface area (Å²) in [5.74, 6) is 1.39. The lowest BCUT2D eigenvalue weighted by molar-refractivity contribution is 0.199. The van der Waals surface area contributed by atoms with E-state index < -0.39 is 12.3 Å². The highest BCUT2D eigenvalue weighted by Crippen LogP contribution is 2.21. The molecule has 1 heterocycles. The molecule has 2 atom stereocenters. The van der Waals surface area contributed by atoms with Gasteiger partial charge in [-0.05, 0) is 61.9 Å². The van der Waals surface area contributed by atoms with Crippen LogP contribution in [0.4, 0.5) is 8.78 Å². The molecule has 0 amide bonds. The van der Waals surface area contributed by atoms with Crippen LogP contribution in [0.5, 0.6) is 5.75 Å². The van der Waals surface area contributed by atoms with Crippen LogP contribution in [-0.2, 0) is 6.42 Å². The van der Waals surface area contributed by atoms with Crippen LogP contribution >= 0.6 is 0 Å². The molecular formula is C32H50F2N2O. The number of hydrogen-bond acceptors (Lipinski definition) is 3. The predicted molar refractivity (Wildman–Crippen MR) is 152 cm³/mol. The van der Waals surface area contributed by atoms with E-state index >= 15 is 0 Å². The Morgan fingerprint density at radius 2 is 1.19 bits per heavy atom. The Kier molecular flexibility index (Phi) is 16.8. The summed E-state index contributed by atoms with van der Waals surface area (Å²) in [6.07, 6.45) is 19.6. The third-order valence-electron chi connectivity index (χ3n) is 7.00. The van der Waals surface area contributed by atoms with Crippen LogP contribution in [0.15, 0.2) is 36.7 Å². The van der Waals surface area contributed by atoms with E-state index in [4.69, 9.17) is 4.74 Å². The minimum absolute atomic E-state index is 0.264. The van der Waals surface area contributed by atoms with E-state index in [9.17, 15) is 8.78 Å². The summed E-state index contributed by atoms with van der Waals surface area (Å²) in [4.78, 5) is 9.10. The van der Waals surface area contributed by atoms with E-state index in [0.717, 1.165) is 24.8 Å². The maximum absolute atomic E-state index is 14.0. The molecule has 0 saturated heterocycles. The van der Waals surface area contributed by atoms with Crippen molar-refractivity contribution in [3.63, 3.8) is 0 Å². The zero-order valence-electron chi connectivity index (χ0n) is 23.4. The van der Waals surface area contributed by atoms with Crippen molar-refractivity contribution in [1.29, 1.82) is 0 Å². The van der Waals surface area contributed by atoms with Crippen molar-refractivity contribution >= 4 is 0 Å². The molecule has 2 unspecified atom stereocenters. The van der Waals surface area contributed by atoms with E-state index in [1.54, 1.807) is 0 Å². The quantitative estimate of drug-likeness (QED) is 0.146. The lowest BCUT2D eigenvalue weighted by Crippen LogP contribution is -2.10. The second-order valence-corrected chi connectivity index (χ2v) is 10.4. The lowest BCUT2D eigenvalue weighted by atomic mass is 10.0. The van der Waals surface area contributed by atoms with Gasteiger partial charge in [0.1, 0.15) is 18.1 Å². The van der Waals surface area contributed by atoms with Gasteiger partial charge in [0.25, 0.3) is 0 Å². The molecule has 0 saturated carbocycles. The van der Waals surface area contributed by atoms with Crippen molar-refractivity contribution in [1.82, 2.24) is 9.97 Å². The number of halogens is 2. The number of alkyl halides is 2. The second kappa shape index (κ2) is 20.0. The first-order valence-corrected chi connectivity index (χ1v) is 14.9. The normalized spacial score (nSPS) is 13.0. The van der Waals surface area contributed by atoms with Crippen molar-refractivity contribution in [2.24, 2.45) is 0 Å². The fraction of sp³-hybridized carbons (Fsp3) is 0.688. The fourth-order valence-corrected chi connectivity index (χ4v) is 4.53. The average molecular weight is 517 g/mol. The van der Waals surface area contributed by atoms with E-state index in [2.05, 4.69) is 16.9 Å². The van der Waals surface area contributed by atoms with Gasteiger partial charge < -0.3 is 4.74 Å². The van der Waals surface area contributed by atoms with Gasteiger partial charge >= 0.3 is 0 Å². The molecule has 208 valence electrons. The SMILES string of the molecule is CCCCCCCCCCCCc1cnc(-c2ccc(OCCC(F)CCC(F)CCCC)cc2)nc1. The standard InChI is InChI=1S/C32H50F2N2O/c1-3-5-7-8-9-10-11-12-13-14-15-27-25-35-32(36-26-27)28-17-21-31(22-18-28)37-24-23-30(34)20-19-29(33)16-6-4-2/h17-18,21-22,25-26,29-30H,3-16,19-20,23-24H2,1-2H3. The molecule has 0 spiro atoms. The highest BCUT2D eigenvalue weighted by Gasteiger charge is 2.12. The van der Waals surface area contributed by atoms with Gasteiger partial charge in [-0.3, -0.25) is 0 Å². The Hall–Kier alpha value is -2.04. The van der Waals surface area contributed by atoms with Crippen LogP contribution in [0.2, 0.25) is 0 Å². The van der Waals surface area contributed by atoms with E-state index in [0.29, 0.717) is 24.4 Å². The second-order valence-electron chi connectivity index (χ2n) is 10.4. The molecule has 2 rings (SSSR count). The number of rotatable bonds is 22. The van der Waals surface area contributed by atoms with Gasteiger partial charge in [0.2, 0.25) is 0 Å². The molecular weight excluding hydrogens is 466 g/mol. The topological polar surface area (TPSA) is 35.0 Å². The first-order chi connectivity index (χ1) is 18.1. The van der Waals surface area contributed by atoms with Crippen LogP contribution in [0.3, 0.4) is 0 Å². The molecule has 3 nitrogen and oxygen atoms in total. The van der Waals surface area contributed by atoms with E-state index in [1.807, 2.05) is 43.6 Å². The van der Waals surface area contributed by atoms with Gasteiger partial charge in [0, 0.05) is 24.4 Å². The summed E-state index contributed by atoms with van der Waals surface area (Å²) in [6.45, 7) is 4.59. The van der Waals surface area contributed by atoms with Crippen molar-refractivity contribution in [3.05, 3.63) is 42.2 Å². The third kappa shape index (κ3) is 14.5. The summed E-state index contributed by atoms with van der Waals surface area (Å²) in [6, 6.07) is 7.60.